The van der Waals surface area contributed by atoms with Crippen LogP contribution < -0.4 is 0 Å². The van der Waals surface area contributed by atoms with Crippen LogP contribution in [-0.4, -0.2) is 0 Å². The van der Waals surface area contributed by atoms with Gasteiger partial charge in [-0.1, -0.05) is 38.3 Å². The van der Waals surface area contributed by atoms with E-state index in [1.165, 1.54) is 74.4 Å². The first-order valence-corrected chi connectivity index (χ1v) is 11.8. The average molecular weight is 389 g/mol. The molecule has 0 amide bonds. The van der Waals surface area contributed by atoms with E-state index in [2.05, 4.69) is 61.9 Å². The average Bonchev–Trinajstić information content (AvgIpc) is 3.41. The van der Waals surface area contributed by atoms with E-state index < -0.39 is 0 Å². The van der Waals surface area contributed by atoms with E-state index in [9.17, 15) is 0 Å². The fourth-order valence-electron chi connectivity index (χ4n) is 4.81. The second kappa shape index (κ2) is 6.61. The minimum Gasteiger partial charge on any atom is -0.143 e. The van der Waals surface area contributed by atoms with E-state index in [4.69, 9.17) is 0 Å². The molecule has 0 fully saturated rings. The third kappa shape index (κ3) is 2.40. The van der Waals surface area contributed by atoms with Crippen LogP contribution in [0.4, 0.5) is 0 Å². The minimum absolute atomic E-state index is 1.21. The quantitative estimate of drug-likeness (QED) is 0.289. The second-order valence-electron chi connectivity index (χ2n) is 7.45. The van der Waals surface area contributed by atoms with Gasteiger partial charge in [0.2, 0.25) is 0 Å². The van der Waals surface area contributed by atoms with Crippen molar-refractivity contribution in [2.75, 3.05) is 0 Å². The van der Waals surface area contributed by atoms with E-state index in [1.54, 1.807) is 11.1 Å². The molecule has 0 atom stereocenters. The van der Waals surface area contributed by atoms with E-state index in [-0.39, 0.29) is 0 Å². The van der Waals surface area contributed by atoms with Crippen molar-refractivity contribution in [3.05, 3.63) is 68.9 Å². The van der Waals surface area contributed by atoms with Crippen molar-refractivity contribution in [3.8, 4) is 20.9 Å². The lowest BCUT2D eigenvalue weighted by molar-refractivity contribution is 0.807. The number of fused-ring (bicyclic) bond motifs is 6. The van der Waals surface area contributed by atoms with Gasteiger partial charge in [0.1, 0.15) is 0 Å². The van der Waals surface area contributed by atoms with Crippen molar-refractivity contribution in [3.63, 3.8) is 0 Å². The molecular weight excluding hydrogens is 364 g/mol. The van der Waals surface area contributed by atoms with Gasteiger partial charge in [0.15, 0.2) is 0 Å². The molecule has 1 aromatic carbocycles. The van der Waals surface area contributed by atoms with Crippen molar-refractivity contribution in [1.29, 1.82) is 0 Å². The van der Waals surface area contributed by atoms with Crippen molar-refractivity contribution in [2.24, 2.45) is 0 Å². The molecule has 0 bridgehead atoms. The molecule has 2 aliphatic rings. The van der Waals surface area contributed by atoms with Gasteiger partial charge in [-0.15, -0.1) is 22.7 Å². The Balaban J connectivity index is 1.81. The molecule has 5 rings (SSSR count). The fourth-order valence-corrected chi connectivity index (χ4v) is 6.68. The molecule has 0 N–H and O–H groups in total. The van der Waals surface area contributed by atoms with Gasteiger partial charge in [0.05, 0.1) is 0 Å². The zero-order valence-corrected chi connectivity index (χ0v) is 17.8. The summed E-state index contributed by atoms with van der Waals surface area (Å²) in [6, 6.07) is 9.61. The monoisotopic (exact) mass is 388 g/mol. The maximum atomic E-state index is 2.50. The van der Waals surface area contributed by atoms with Crippen LogP contribution in [-0.2, 0) is 0 Å². The molecule has 0 spiro atoms. The lowest BCUT2D eigenvalue weighted by Gasteiger charge is -2.13. The Bertz CT molecular complexity index is 1090. The Morgan fingerprint density at radius 2 is 1.37 bits per heavy atom. The van der Waals surface area contributed by atoms with Crippen molar-refractivity contribution in [2.45, 2.75) is 46.5 Å². The fraction of sp³-hybridized carbons (Fsp3) is 0.280. The smallest absolute Gasteiger partial charge is 0.0427 e. The summed E-state index contributed by atoms with van der Waals surface area (Å²) in [6.45, 7) is 6.78. The predicted molar refractivity (Wildman–Crippen MR) is 122 cm³/mol. The summed E-state index contributed by atoms with van der Waals surface area (Å²) in [5, 5.41) is 4.50. The Kier molecular flexibility index (Phi) is 4.22. The van der Waals surface area contributed by atoms with Crippen molar-refractivity contribution < 1.29 is 0 Å². The molecule has 2 aliphatic carbocycles. The largest absolute Gasteiger partial charge is 0.143 e. The number of rotatable bonds is 4. The first-order valence-electron chi connectivity index (χ1n) is 10.0. The molecule has 2 heteroatoms. The van der Waals surface area contributed by atoms with E-state index >= 15 is 0 Å². The van der Waals surface area contributed by atoms with E-state index in [0.717, 1.165) is 0 Å². The molecule has 0 saturated heterocycles. The summed E-state index contributed by atoms with van der Waals surface area (Å²) in [6.07, 6.45) is 7.13. The van der Waals surface area contributed by atoms with Gasteiger partial charge in [-0.2, -0.15) is 0 Å². The number of allylic oxidation sites excluding steroid dienone is 2. The molecule has 3 aromatic rings. The van der Waals surface area contributed by atoms with Crippen LogP contribution in [0.5, 0.6) is 0 Å². The van der Waals surface area contributed by atoms with Gasteiger partial charge >= 0.3 is 0 Å². The summed E-state index contributed by atoms with van der Waals surface area (Å²) in [4.78, 5) is 2.92. The number of thiophene rings is 2. The van der Waals surface area contributed by atoms with Gasteiger partial charge in [-0.3, -0.25) is 0 Å². The highest BCUT2D eigenvalue weighted by Crippen LogP contribution is 2.55. The molecule has 0 nitrogen and oxygen atoms in total. The summed E-state index contributed by atoms with van der Waals surface area (Å²) in [7, 11) is 0. The van der Waals surface area contributed by atoms with E-state index in [1.807, 2.05) is 22.7 Å². The molecular formula is C25H24S2. The van der Waals surface area contributed by atoms with Gasteiger partial charge in [0.25, 0.3) is 0 Å². The predicted octanol–water partition coefficient (Wildman–Crippen LogP) is 8.62. The van der Waals surface area contributed by atoms with Crippen LogP contribution in [0.3, 0.4) is 0 Å². The topological polar surface area (TPSA) is 0 Å². The normalized spacial score (nSPS) is 15.1. The summed E-state index contributed by atoms with van der Waals surface area (Å²) in [5.41, 5.74) is 13.3. The summed E-state index contributed by atoms with van der Waals surface area (Å²) >= 11 is 3.78. The molecule has 0 aliphatic heterocycles. The highest BCUT2D eigenvalue weighted by Gasteiger charge is 2.32. The molecule has 2 aromatic heterocycles. The Hall–Kier alpha value is -1.90. The van der Waals surface area contributed by atoms with Gasteiger partial charge < -0.3 is 0 Å². The molecule has 0 saturated carbocycles. The molecule has 27 heavy (non-hydrogen) atoms. The van der Waals surface area contributed by atoms with Crippen LogP contribution in [0.1, 0.15) is 68.7 Å². The lowest BCUT2D eigenvalue weighted by atomic mass is 9.91. The SMILES string of the molecule is C/C=C1\c2cc3c(cc2-c2sccc21)C(=C(CCC)CCC)c1ccsc1-3. The molecule has 0 unspecified atom stereocenters. The third-order valence-corrected chi connectivity index (χ3v) is 7.74. The van der Waals surface area contributed by atoms with Crippen LogP contribution in [0.2, 0.25) is 0 Å². The van der Waals surface area contributed by atoms with Gasteiger partial charge in [-0.05, 0) is 77.1 Å². The van der Waals surface area contributed by atoms with Crippen LogP contribution in [0, 0.1) is 0 Å². The zero-order chi connectivity index (χ0) is 18.5. The standard InChI is InChI=1S/C25H24S2/c1-4-7-15(8-5-2)23-18-10-12-27-25(18)22-13-19-16(6-3)17-9-11-26-24(17)21(19)14-20(22)23/h6,9-14H,4-5,7-8H2,1-3H3/b16-6-. The number of benzene rings is 1. The maximum Gasteiger partial charge on any atom is 0.0427 e. The molecule has 2 heterocycles. The lowest BCUT2D eigenvalue weighted by Crippen LogP contribution is -1.93. The Morgan fingerprint density at radius 3 is 2.04 bits per heavy atom. The van der Waals surface area contributed by atoms with Crippen LogP contribution >= 0.6 is 22.7 Å². The third-order valence-electron chi connectivity index (χ3n) is 5.84. The van der Waals surface area contributed by atoms with E-state index in [0.29, 0.717) is 0 Å². The Labute approximate surface area is 169 Å². The number of hydrogen-bond donors (Lipinski definition) is 0. The highest BCUT2D eigenvalue weighted by molar-refractivity contribution is 7.14. The Morgan fingerprint density at radius 1 is 0.778 bits per heavy atom. The molecule has 136 valence electrons. The first-order chi connectivity index (χ1) is 13.3. The minimum atomic E-state index is 1.21. The second-order valence-corrected chi connectivity index (χ2v) is 9.28. The van der Waals surface area contributed by atoms with Crippen LogP contribution in [0.15, 0.2) is 46.7 Å². The van der Waals surface area contributed by atoms with Crippen molar-refractivity contribution >= 4 is 33.8 Å². The van der Waals surface area contributed by atoms with Gasteiger partial charge in [-0.25, -0.2) is 0 Å². The van der Waals surface area contributed by atoms with Gasteiger partial charge in [0, 0.05) is 32.0 Å². The summed E-state index contributed by atoms with van der Waals surface area (Å²) < 4.78 is 0. The number of hydrogen-bond acceptors (Lipinski definition) is 2. The maximum absolute atomic E-state index is 2.50. The van der Waals surface area contributed by atoms with Crippen LogP contribution in [0.25, 0.3) is 32.0 Å². The highest BCUT2D eigenvalue weighted by atomic mass is 32.1. The van der Waals surface area contributed by atoms with Crippen molar-refractivity contribution in [1.82, 2.24) is 0 Å². The zero-order valence-electron chi connectivity index (χ0n) is 16.2. The molecule has 0 radical (unpaired) electrons. The summed E-state index contributed by atoms with van der Waals surface area (Å²) in [5.74, 6) is 0. The first kappa shape index (κ1) is 17.2.